The van der Waals surface area contributed by atoms with Crippen molar-refractivity contribution in [3.8, 4) is 0 Å². The zero-order valence-corrected chi connectivity index (χ0v) is 16.0. The monoisotopic (exact) mass is 358 g/mol. The van der Waals surface area contributed by atoms with E-state index in [4.69, 9.17) is 4.74 Å². The highest BCUT2D eigenvalue weighted by Crippen LogP contribution is 2.39. The first-order chi connectivity index (χ1) is 12.5. The van der Waals surface area contributed by atoms with Crippen LogP contribution < -0.4 is 0 Å². The maximum atomic E-state index is 12.2. The van der Waals surface area contributed by atoms with Gasteiger partial charge in [0, 0.05) is 50.7 Å². The number of likely N-dealkylation sites (tertiary alicyclic amines) is 2. The number of benzene rings is 1. The van der Waals surface area contributed by atoms with Crippen molar-refractivity contribution in [2.75, 3.05) is 39.9 Å². The van der Waals surface area contributed by atoms with Crippen LogP contribution in [0.5, 0.6) is 0 Å². The molecule has 3 rings (SSSR count). The minimum Gasteiger partial charge on any atom is -0.383 e. The van der Waals surface area contributed by atoms with Crippen LogP contribution >= 0.6 is 0 Å². The summed E-state index contributed by atoms with van der Waals surface area (Å²) in [6, 6.07) is 7.97. The SMILES string of the molecule is COCCN1C[C@@]2(CCCN(Cc3ccc(C(C)=O)cc3)C2)CCC1=O. The van der Waals surface area contributed by atoms with E-state index in [9.17, 15) is 9.59 Å². The van der Waals surface area contributed by atoms with Crippen molar-refractivity contribution in [1.82, 2.24) is 9.80 Å². The summed E-state index contributed by atoms with van der Waals surface area (Å²) >= 11 is 0. The van der Waals surface area contributed by atoms with E-state index in [0.717, 1.165) is 38.2 Å². The Kier molecular flexibility index (Phi) is 6.09. The van der Waals surface area contributed by atoms with Gasteiger partial charge in [-0.15, -0.1) is 0 Å². The fraction of sp³-hybridized carbons (Fsp3) is 0.619. The molecule has 1 spiro atoms. The Morgan fingerprint density at radius 3 is 2.65 bits per heavy atom. The molecule has 0 unspecified atom stereocenters. The summed E-state index contributed by atoms with van der Waals surface area (Å²) in [7, 11) is 1.68. The molecule has 1 amide bonds. The van der Waals surface area contributed by atoms with Crippen LogP contribution in [0.1, 0.15) is 48.5 Å². The van der Waals surface area contributed by atoms with Crippen LogP contribution in [0, 0.1) is 5.41 Å². The van der Waals surface area contributed by atoms with Crippen molar-refractivity contribution in [3.63, 3.8) is 0 Å². The molecule has 2 fully saturated rings. The molecule has 5 heteroatoms. The summed E-state index contributed by atoms with van der Waals surface area (Å²) in [6.07, 6.45) is 4.03. The van der Waals surface area contributed by atoms with Gasteiger partial charge in [-0.05, 0) is 38.3 Å². The zero-order chi connectivity index (χ0) is 18.6. The van der Waals surface area contributed by atoms with Crippen molar-refractivity contribution in [2.24, 2.45) is 5.41 Å². The largest absolute Gasteiger partial charge is 0.383 e. The molecule has 0 aliphatic carbocycles. The van der Waals surface area contributed by atoms with Crippen LogP contribution in [-0.4, -0.2) is 61.4 Å². The van der Waals surface area contributed by atoms with Crippen molar-refractivity contribution >= 4 is 11.7 Å². The third kappa shape index (κ3) is 4.51. The van der Waals surface area contributed by atoms with Gasteiger partial charge in [0.2, 0.25) is 5.91 Å². The molecule has 2 aliphatic rings. The van der Waals surface area contributed by atoms with E-state index in [-0.39, 0.29) is 17.1 Å². The number of carbonyl (C=O) groups is 2. The van der Waals surface area contributed by atoms with E-state index in [2.05, 4.69) is 17.0 Å². The maximum Gasteiger partial charge on any atom is 0.222 e. The summed E-state index contributed by atoms with van der Waals surface area (Å²) in [6.45, 7) is 6.81. The number of ketones is 1. The number of piperidine rings is 2. The molecule has 1 aromatic rings. The lowest BCUT2D eigenvalue weighted by Gasteiger charge is -2.48. The molecule has 0 aromatic heterocycles. The Bertz CT molecular complexity index is 643. The van der Waals surface area contributed by atoms with Crippen LogP contribution in [0.3, 0.4) is 0 Å². The first-order valence-electron chi connectivity index (χ1n) is 9.60. The zero-order valence-electron chi connectivity index (χ0n) is 16.0. The van der Waals surface area contributed by atoms with Gasteiger partial charge in [-0.25, -0.2) is 0 Å². The highest BCUT2D eigenvalue weighted by Gasteiger charge is 2.41. The molecule has 0 bridgehead atoms. The molecule has 1 atom stereocenters. The number of rotatable bonds is 6. The minimum atomic E-state index is 0.108. The van der Waals surface area contributed by atoms with E-state index in [0.29, 0.717) is 19.6 Å². The van der Waals surface area contributed by atoms with E-state index >= 15 is 0 Å². The number of carbonyl (C=O) groups excluding carboxylic acids is 2. The average molecular weight is 358 g/mol. The fourth-order valence-corrected chi connectivity index (χ4v) is 4.39. The number of hydrogen-bond donors (Lipinski definition) is 0. The van der Waals surface area contributed by atoms with Gasteiger partial charge in [-0.2, -0.15) is 0 Å². The number of amides is 1. The van der Waals surface area contributed by atoms with Crippen LogP contribution in [0.4, 0.5) is 0 Å². The van der Waals surface area contributed by atoms with Crippen LogP contribution in [0.2, 0.25) is 0 Å². The Labute approximate surface area is 156 Å². The van der Waals surface area contributed by atoms with Crippen molar-refractivity contribution in [2.45, 2.75) is 39.2 Å². The lowest BCUT2D eigenvalue weighted by atomic mass is 9.73. The molecule has 0 N–H and O–H groups in total. The molecular formula is C21H30N2O3. The molecule has 0 radical (unpaired) electrons. The van der Waals surface area contributed by atoms with E-state index in [1.54, 1.807) is 14.0 Å². The molecule has 26 heavy (non-hydrogen) atoms. The van der Waals surface area contributed by atoms with Gasteiger partial charge in [0.1, 0.15) is 0 Å². The second-order valence-corrected chi connectivity index (χ2v) is 7.88. The summed E-state index contributed by atoms with van der Waals surface area (Å²) in [5.74, 6) is 0.376. The molecule has 2 heterocycles. The van der Waals surface area contributed by atoms with Crippen LogP contribution in [-0.2, 0) is 16.1 Å². The van der Waals surface area contributed by atoms with Crippen LogP contribution in [0.15, 0.2) is 24.3 Å². The highest BCUT2D eigenvalue weighted by molar-refractivity contribution is 5.94. The maximum absolute atomic E-state index is 12.2. The lowest BCUT2D eigenvalue weighted by molar-refractivity contribution is -0.140. The second kappa shape index (κ2) is 8.31. The Morgan fingerprint density at radius 1 is 1.19 bits per heavy atom. The predicted molar refractivity (Wildman–Crippen MR) is 101 cm³/mol. The number of ether oxygens (including phenoxy) is 1. The highest BCUT2D eigenvalue weighted by atomic mass is 16.5. The number of hydrogen-bond acceptors (Lipinski definition) is 4. The van der Waals surface area contributed by atoms with Gasteiger partial charge in [0.15, 0.2) is 5.78 Å². The average Bonchev–Trinajstić information content (AvgIpc) is 2.63. The number of methoxy groups -OCH3 is 1. The predicted octanol–water partition coefficient (Wildman–Crippen LogP) is 2.74. The van der Waals surface area contributed by atoms with Gasteiger partial charge in [0.25, 0.3) is 0 Å². The summed E-state index contributed by atoms with van der Waals surface area (Å²) in [5.41, 5.74) is 2.23. The number of nitrogens with zero attached hydrogens (tertiary/aromatic N) is 2. The molecule has 142 valence electrons. The Balaban J connectivity index is 1.62. The summed E-state index contributed by atoms with van der Waals surface area (Å²) < 4.78 is 5.17. The van der Waals surface area contributed by atoms with E-state index in [1.807, 2.05) is 17.0 Å². The topological polar surface area (TPSA) is 49.9 Å². The van der Waals surface area contributed by atoms with Gasteiger partial charge in [-0.1, -0.05) is 24.3 Å². The fourth-order valence-electron chi connectivity index (χ4n) is 4.39. The van der Waals surface area contributed by atoms with Crippen LogP contribution in [0.25, 0.3) is 0 Å². The van der Waals surface area contributed by atoms with E-state index < -0.39 is 0 Å². The smallest absolute Gasteiger partial charge is 0.222 e. The van der Waals surface area contributed by atoms with Gasteiger partial charge >= 0.3 is 0 Å². The second-order valence-electron chi connectivity index (χ2n) is 7.88. The first-order valence-corrected chi connectivity index (χ1v) is 9.60. The van der Waals surface area contributed by atoms with E-state index in [1.165, 1.54) is 18.4 Å². The summed E-state index contributed by atoms with van der Waals surface area (Å²) in [5, 5.41) is 0. The Morgan fingerprint density at radius 2 is 1.96 bits per heavy atom. The lowest BCUT2D eigenvalue weighted by Crippen LogP contribution is -2.54. The third-order valence-electron chi connectivity index (χ3n) is 5.82. The Hall–Kier alpha value is -1.72. The third-order valence-corrected chi connectivity index (χ3v) is 5.82. The quantitative estimate of drug-likeness (QED) is 0.734. The molecule has 5 nitrogen and oxygen atoms in total. The van der Waals surface area contributed by atoms with Crippen molar-refractivity contribution < 1.29 is 14.3 Å². The van der Waals surface area contributed by atoms with Crippen molar-refractivity contribution in [1.29, 1.82) is 0 Å². The van der Waals surface area contributed by atoms with Gasteiger partial charge in [0.05, 0.1) is 6.61 Å². The van der Waals surface area contributed by atoms with Gasteiger partial charge < -0.3 is 9.64 Å². The minimum absolute atomic E-state index is 0.108. The summed E-state index contributed by atoms with van der Waals surface area (Å²) in [4.78, 5) is 28.2. The molecule has 1 aromatic carbocycles. The van der Waals surface area contributed by atoms with Crippen molar-refractivity contribution in [3.05, 3.63) is 35.4 Å². The molecule has 2 saturated heterocycles. The standard InChI is InChI=1S/C21H30N2O3/c1-17(24)19-6-4-18(5-7-19)14-22-11-3-9-21(15-22)10-8-20(25)23(16-21)12-13-26-2/h4-7H,3,8-16H2,1-2H3/t21-/m0/s1. The molecule has 0 saturated carbocycles. The molecule has 2 aliphatic heterocycles. The molecular weight excluding hydrogens is 328 g/mol. The number of Topliss-reactive ketones (excluding diaryl/α,β-unsaturated/α-hetero) is 1. The normalized spacial score (nSPS) is 24.2. The van der Waals surface area contributed by atoms with Gasteiger partial charge in [-0.3, -0.25) is 14.5 Å². The first kappa shape index (κ1) is 19.1.